The second-order valence-electron chi connectivity index (χ2n) is 4.46. The Bertz CT molecular complexity index is 396. The van der Waals surface area contributed by atoms with Gasteiger partial charge in [0.2, 0.25) is 0 Å². The van der Waals surface area contributed by atoms with Crippen LogP contribution in [0.4, 0.5) is 13.2 Å². The number of rotatable bonds is 8. The number of halogens is 3. The fraction of sp³-hybridized carbons (Fsp3) is 0.571. The highest BCUT2D eigenvalue weighted by Gasteiger charge is 2.28. The zero-order valence-electron chi connectivity index (χ0n) is 11.7. The summed E-state index contributed by atoms with van der Waals surface area (Å²) in [7, 11) is 0. The minimum atomic E-state index is -4.36. The van der Waals surface area contributed by atoms with Crippen molar-refractivity contribution in [3.8, 4) is 11.5 Å². The highest BCUT2D eigenvalue weighted by atomic mass is 19.4. The molecule has 0 amide bonds. The summed E-state index contributed by atoms with van der Waals surface area (Å²) in [5.41, 5.74) is 0. The summed E-state index contributed by atoms with van der Waals surface area (Å²) in [5, 5.41) is 3.23. The monoisotopic (exact) mass is 291 g/mol. The van der Waals surface area contributed by atoms with E-state index in [0.29, 0.717) is 24.9 Å². The van der Waals surface area contributed by atoms with Gasteiger partial charge in [-0.25, -0.2) is 0 Å². The van der Waals surface area contributed by atoms with Gasteiger partial charge in [0.15, 0.2) is 18.1 Å². The van der Waals surface area contributed by atoms with Crippen LogP contribution in [-0.4, -0.2) is 32.0 Å². The van der Waals surface area contributed by atoms with E-state index in [0.717, 1.165) is 6.42 Å². The van der Waals surface area contributed by atoms with Gasteiger partial charge >= 0.3 is 6.18 Å². The highest BCUT2D eigenvalue weighted by Crippen LogP contribution is 2.28. The molecule has 1 atom stereocenters. The van der Waals surface area contributed by atoms with E-state index < -0.39 is 12.8 Å². The maximum absolute atomic E-state index is 12.1. The third-order valence-corrected chi connectivity index (χ3v) is 2.71. The Labute approximate surface area is 117 Å². The lowest BCUT2D eigenvalue weighted by atomic mass is 10.3. The Morgan fingerprint density at radius 3 is 2.30 bits per heavy atom. The van der Waals surface area contributed by atoms with Crippen LogP contribution in [-0.2, 0) is 0 Å². The van der Waals surface area contributed by atoms with Crippen LogP contribution < -0.4 is 14.8 Å². The summed E-state index contributed by atoms with van der Waals surface area (Å²) in [6.07, 6.45) is -3.35. The Kier molecular flexibility index (Phi) is 6.64. The van der Waals surface area contributed by atoms with Gasteiger partial charge in [-0.1, -0.05) is 19.1 Å². The van der Waals surface area contributed by atoms with Crippen LogP contribution in [0.2, 0.25) is 0 Å². The average molecular weight is 291 g/mol. The molecular weight excluding hydrogens is 271 g/mol. The maximum Gasteiger partial charge on any atom is 0.422 e. The van der Waals surface area contributed by atoms with E-state index in [2.05, 4.69) is 19.2 Å². The van der Waals surface area contributed by atoms with Gasteiger partial charge in [-0.2, -0.15) is 13.2 Å². The van der Waals surface area contributed by atoms with Crippen LogP contribution in [0.15, 0.2) is 24.3 Å². The zero-order chi connectivity index (χ0) is 15.0. The molecule has 1 aromatic carbocycles. The van der Waals surface area contributed by atoms with E-state index in [1.165, 1.54) is 6.07 Å². The minimum absolute atomic E-state index is 0.105. The van der Waals surface area contributed by atoms with E-state index in [1.807, 2.05) is 0 Å². The molecule has 1 rings (SSSR count). The molecule has 0 aromatic heterocycles. The van der Waals surface area contributed by atoms with Crippen LogP contribution in [0, 0.1) is 0 Å². The van der Waals surface area contributed by atoms with Gasteiger partial charge in [0.25, 0.3) is 0 Å². The molecule has 3 nitrogen and oxygen atoms in total. The van der Waals surface area contributed by atoms with Gasteiger partial charge in [-0.15, -0.1) is 0 Å². The van der Waals surface area contributed by atoms with Crippen molar-refractivity contribution in [3.63, 3.8) is 0 Å². The van der Waals surface area contributed by atoms with Gasteiger partial charge in [0.1, 0.15) is 6.61 Å². The summed E-state index contributed by atoms with van der Waals surface area (Å²) < 4.78 is 46.6. The Hall–Kier alpha value is -1.43. The van der Waals surface area contributed by atoms with E-state index in [-0.39, 0.29) is 5.75 Å². The standard InChI is InChI=1S/C14H20F3NO2/c1-3-11(2)18-8-9-19-12-6-4-5-7-13(12)20-10-14(15,16)17/h4-7,11,18H,3,8-10H2,1-2H3/t11-/m1/s1. The fourth-order valence-electron chi connectivity index (χ4n) is 1.46. The van der Waals surface area contributed by atoms with E-state index in [1.54, 1.807) is 18.2 Å². The maximum atomic E-state index is 12.1. The molecule has 0 aliphatic rings. The van der Waals surface area contributed by atoms with Gasteiger partial charge in [0.05, 0.1) is 0 Å². The van der Waals surface area contributed by atoms with Crippen molar-refractivity contribution < 1.29 is 22.6 Å². The summed E-state index contributed by atoms with van der Waals surface area (Å²) >= 11 is 0. The minimum Gasteiger partial charge on any atom is -0.488 e. The molecule has 0 heterocycles. The molecule has 1 N–H and O–H groups in total. The van der Waals surface area contributed by atoms with E-state index in [9.17, 15) is 13.2 Å². The summed E-state index contributed by atoms with van der Waals surface area (Å²) in [6.45, 7) is 3.80. The van der Waals surface area contributed by atoms with E-state index in [4.69, 9.17) is 9.47 Å². The Morgan fingerprint density at radius 1 is 1.15 bits per heavy atom. The number of nitrogens with one attached hydrogen (secondary N) is 1. The molecule has 0 saturated heterocycles. The Morgan fingerprint density at radius 2 is 1.75 bits per heavy atom. The molecule has 0 saturated carbocycles. The van der Waals surface area contributed by atoms with Crippen LogP contribution >= 0.6 is 0 Å². The predicted molar refractivity (Wildman–Crippen MR) is 71.2 cm³/mol. The summed E-state index contributed by atoms with van der Waals surface area (Å²) in [6, 6.07) is 6.74. The third-order valence-electron chi connectivity index (χ3n) is 2.71. The molecule has 0 aliphatic heterocycles. The van der Waals surface area contributed by atoms with Crippen molar-refractivity contribution in [3.05, 3.63) is 24.3 Å². The smallest absolute Gasteiger partial charge is 0.422 e. The topological polar surface area (TPSA) is 30.5 Å². The van der Waals surface area contributed by atoms with Crippen molar-refractivity contribution in [2.45, 2.75) is 32.5 Å². The first kappa shape index (κ1) is 16.6. The molecule has 20 heavy (non-hydrogen) atoms. The summed E-state index contributed by atoms with van der Waals surface area (Å²) in [4.78, 5) is 0. The van der Waals surface area contributed by atoms with Crippen molar-refractivity contribution in [2.75, 3.05) is 19.8 Å². The molecule has 6 heteroatoms. The first-order valence-electron chi connectivity index (χ1n) is 6.57. The first-order chi connectivity index (χ1) is 9.42. The molecule has 0 unspecified atom stereocenters. The van der Waals surface area contributed by atoms with Crippen LogP contribution in [0.1, 0.15) is 20.3 Å². The van der Waals surface area contributed by atoms with Gasteiger partial charge < -0.3 is 14.8 Å². The van der Waals surface area contributed by atoms with Crippen molar-refractivity contribution in [1.29, 1.82) is 0 Å². The van der Waals surface area contributed by atoms with Crippen LogP contribution in [0.25, 0.3) is 0 Å². The molecule has 0 bridgehead atoms. The second-order valence-corrected chi connectivity index (χ2v) is 4.46. The molecule has 114 valence electrons. The molecule has 1 aromatic rings. The lowest BCUT2D eigenvalue weighted by Gasteiger charge is -2.15. The summed E-state index contributed by atoms with van der Waals surface area (Å²) in [5.74, 6) is 0.427. The fourth-order valence-corrected chi connectivity index (χ4v) is 1.46. The molecule has 0 aliphatic carbocycles. The number of hydrogen-bond acceptors (Lipinski definition) is 3. The first-order valence-corrected chi connectivity index (χ1v) is 6.57. The highest BCUT2D eigenvalue weighted by molar-refractivity contribution is 5.39. The van der Waals surface area contributed by atoms with Crippen molar-refractivity contribution in [2.24, 2.45) is 0 Å². The normalized spacial score (nSPS) is 13.1. The third kappa shape index (κ3) is 6.65. The van der Waals surface area contributed by atoms with Gasteiger partial charge in [0, 0.05) is 12.6 Å². The number of ether oxygens (including phenoxy) is 2. The van der Waals surface area contributed by atoms with Gasteiger partial charge in [-0.05, 0) is 25.5 Å². The van der Waals surface area contributed by atoms with Crippen molar-refractivity contribution >= 4 is 0 Å². The number of hydrogen-bond donors (Lipinski definition) is 1. The zero-order valence-corrected chi connectivity index (χ0v) is 11.7. The largest absolute Gasteiger partial charge is 0.488 e. The van der Waals surface area contributed by atoms with Crippen LogP contribution in [0.3, 0.4) is 0 Å². The quantitative estimate of drug-likeness (QED) is 0.745. The number of alkyl halides is 3. The number of benzene rings is 1. The number of para-hydroxylation sites is 2. The van der Waals surface area contributed by atoms with Crippen LogP contribution in [0.5, 0.6) is 11.5 Å². The SMILES string of the molecule is CC[C@@H](C)NCCOc1ccccc1OCC(F)(F)F. The van der Waals surface area contributed by atoms with E-state index >= 15 is 0 Å². The second kappa shape index (κ2) is 7.99. The molecule has 0 radical (unpaired) electrons. The Balaban J connectivity index is 2.45. The van der Waals surface area contributed by atoms with Gasteiger partial charge in [-0.3, -0.25) is 0 Å². The average Bonchev–Trinajstić information content (AvgIpc) is 2.41. The lowest BCUT2D eigenvalue weighted by Crippen LogP contribution is -2.29. The molecular formula is C14H20F3NO2. The van der Waals surface area contributed by atoms with Crippen molar-refractivity contribution in [1.82, 2.24) is 5.32 Å². The lowest BCUT2D eigenvalue weighted by molar-refractivity contribution is -0.153. The predicted octanol–water partition coefficient (Wildman–Crippen LogP) is 3.39. The molecule has 0 spiro atoms. The molecule has 0 fully saturated rings.